The number of nitrogens with zero attached hydrogens (tertiary/aromatic N) is 1. The van der Waals surface area contributed by atoms with E-state index in [2.05, 4.69) is 0 Å². The fourth-order valence-corrected chi connectivity index (χ4v) is 2.62. The first-order valence-corrected chi connectivity index (χ1v) is 6.44. The van der Waals surface area contributed by atoms with Crippen molar-refractivity contribution in [3.05, 3.63) is 0 Å². The molecule has 2 N–H and O–H groups in total. The van der Waals surface area contributed by atoms with Crippen LogP contribution in [0.2, 0.25) is 0 Å². The van der Waals surface area contributed by atoms with E-state index in [4.69, 9.17) is 5.73 Å². The van der Waals surface area contributed by atoms with Gasteiger partial charge in [-0.1, -0.05) is 20.8 Å². The van der Waals surface area contributed by atoms with Crippen LogP contribution in [0.15, 0.2) is 0 Å². The molecule has 0 saturated heterocycles. The van der Waals surface area contributed by atoms with Gasteiger partial charge in [-0.15, -0.1) is 0 Å². The molecule has 0 heterocycles. The molecule has 0 aromatic heterocycles. The van der Waals surface area contributed by atoms with Gasteiger partial charge in [0.1, 0.15) is 0 Å². The molecule has 86 valence electrons. The Balaban J connectivity index is 4.30. The molecule has 0 fully saturated rings. The molecule has 0 amide bonds. The lowest BCUT2D eigenvalue weighted by Gasteiger charge is -2.25. The molecule has 0 atom stereocenters. The molecule has 0 rings (SSSR count). The fraction of sp³-hybridized carbons (Fsp3) is 1.00. The Kier molecular flexibility index (Phi) is 5.05. The summed E-state index contributed by atoms with van der Waals surface area (Å²) in [6.07, 6.45) is 0.525. The number of sulfonamides is 1. The SMILES string of the molecule is CN(CC(C)(C)C)S(=O)(=O)CCCN. The van der Waals surface area contributed by atoms with Crippen LogP contribution in [0.3, 0.4) is 0 Å². The van der Waals surface area contributed by atoms with E-state index in [9.17, 15) is 8.42 Å². The van der Waals surface area contributed by atoms with E-state index in [1.807, 2.05) is 20.8 Å². The second-order valence-electron chi connectivity index (χ2n) is 4.77. The Hall–Kier alpha value is -0.130. The summed E-state index contributed by atoms with van der Waals surface area (Å²) in [7, 11) is -1.48. The lowest BCUT2D eigenvalue weighted by molar-refractivity contribution is 0.310. The van der Waals surface area contributed by atoms with Gasteiger partial charge in [0, 0.05) is 13.6 Å². The van der Waals surface area contributed by atoms with E-state index in [-0.39, 0.29) is 11.2 Å². The van der Waals surface area contributed by atoms with E-state index in [0.717, 1.165) is 0 Å². The number of rotatable bonds is 5. The van der Waals surface area contributed by atoms with Crippen molar-refractivity contribution in [1.82, 2.24) is 4.31 Å². The van der Waals surface area contributed by atoms with Gasteiger partial charge in [-0.2, -0.15) is 0 Å². The Labute approximate surface area is 87.5 Å². The molecule has 0 aliphatic rings. The molecule has 0 aromatic carbocycles. The minimum absolute atomic E-state index is 0.00939. The molecule has 5 heteroatoms. The van der Waals surface area contributed by atoms with Crippen molar-refractivity contribution in [3.8, 4) is 0 Å². The third-order valence-electron chi connectivity index (χ3n) is 1.78. The monoisotopic (exact) mass is 222 g/mol. The van der Waals surface area contributed by atoms with Crippen LogP contribution in [0.1, 0.15) is 27.2 Å². The zero-order valence-electron chi connectivity index (χ0n) is 9.58. The van der Waals surface area contributed by atoms with Gasteiger partial charge in [-0.05, 0) is 18.4 Å². The normalized spacial score (nSPS) is 13.6. The average Bonchev–Trinajstić information content (AvgIpc) is 1.97. The van der Waals surface area contributed by atoms with Crippen LogP contribution >= 0.6 is 0 Å². The van der Waals surface area contributed by atoms with Crippen molar-refractivity contribution in [1.29, 1.82) is 0 Å². The van der Waals surface area contributed by atoms with E-state index in [1.165, 1.54) is 4.31 Å². The maximum atomic E-state index is 11.6. The van der Waals surface area contributed by atoms with Gasteiger partial charge < -0.3 is 5.73 Å². The van der Waals surface area contributed by atoms with Crippen LogP contribution in [0.4, 0.5) is 0 Å². The van der Waals surface area contributed by atoms with Crippen molar-refractivity contribution in [2.45, 2.75) is 27.2 Å². The number of hydrogen-bond donors (Lipinski definition) is 1. The Bertz CT molecular complexity index is 254. The molecule has 0 radical (unpaired) electrons. The highest BCUT2D eigenvalue weighted by molar-refractivity contribution is 7.89. The Morgan fingerprint density at radius 1 is 1.29 bits per heavy atom. The number of hydrogen-bond acceptors (Lipinski definition) is 3. The lowest BCUT2D eigenvalue weighted by atomic mass is 9.97. The first-order valence-electron chi connectivity index (χ1n) is 4.83. The molecular formula is C9H22N2O2S. The lowest BCUT2D eigenvalue weighted by Crippen LogP contribution is -2.36. The summed E-state index contributed by atoms with van der Waals surface area (Å²) in [5.74, 6) is 0.149. The second-order valence-corrected chi connectivity index (χ2v) is 6.97. The van der Waals surface area contributed by atoms with Crippen LogP contribution in [0.25, 0.3) is 0 Å². The van der Waals surface area contributed by atoms with E-state index in [1.54, 1.807) is 7.05 Å². The molecule has 4 nitrogen and oxygen atoms in total. The van der Waals surface area contributed by atoms with Crippen molar-refractivity contribution < 1.29 is 8.42 Å². The highest BCUT2D eigenvalue weighted by atomic mass is 32.2. The van der Waals surface area contributed by atoms with E-state index in [0.29, 0.717) is 19.5 Å². The van der Waals surface area contributed by atoms with Gasteiger partial charge in [-0.3, -0.25) is 0 Å². The van der Waals surface area contributed by atoms with E-state index >= 15 is 0 Å². The zero-order chi connectivity index (χ0) is 11.4. The van der Waals surface area contributed by atoms with Crippen molar-refractivity contribution in [2.24, 2.45) is 11.1 Å². The second kappa shape index (κ2) is 5.09. The number of nitrogens with two attached hydrogens (primary N) is 1. The zero-order valence-corrected chi connectivity index (χ0v) is 10.4. The molecule has 0 aliphatic carbocycles. The van der Waals surface area contributed by atoms with Crippen LogP contribution in [0, 0.1) is 5.41 Å². The highest BCUT2D eigenvalue weighted by Gasteiger charge is 2.22. The standard InChI is InChI=1S/C9H22N2O2S/c1-9(2,3)8-11(4)14(12,13)7-5-6-10/h5-8,10H2,1-4H3. The molecule has 0 spiro atoms. The van der Waals surface area contributed by atoms with Crippen molar-refractivity contribution in [2.75, 3.05) is 25.9 Å². The Morgan fingerprint density at radius 2 is 1.79 bits per heavy atom. The van der Waals surface area contributed by atoms with Crippen LogP contribution in [-0.4, -0.2) is 38.6 Å². The summed E-state index contributed by atoms with van der Waals surface area (Å²) in [6.45, 7) is 7.01. The van der Waals surface area contributed by atoms with Gasteiger partial charge in [0.15, 0.2) is 0 Å². The largest absolute Gasteiger partial charge is 0.330 e. The van der Waals surface area contributed by atoms with Crippen molar-refractivity contribution in [3.63, 3.8) is 0 Å². The van der Waals surface area contributed by atoms with Gasteiger partial charge in [0.25, 0.3) is 0 Å². The van der Waals surface area contributed by atoms with E-state index < -0.39 is 10.0 Å². The smallest absolute Gasteiger partial charge is 0.213 e. The van der Waals surface area contributed by atoms with Gasteiger partial charge in [0.05, 0.1) is 5.75 Å². The molecule has 14 heavy (non-hydrogen) atoms. The summed E-state index contributed by atoms with van der Waals surface area (Å²) < 4.78 is 24.7. The summed E-state index contributed by atoms with van der Waals surface area (Å²) in [4.78, 5) is 0. The van der Waals surface area contributed by atoms with Gasteiger partial charge >= 0.3 is 0 Å². The molecule has 0 unspecified atom stereocenters. The van der Waals surface area contributed by atoms with Gasteiger partial charge in [0.2, 0.25) is 10.0 Å². The predicted molar refractivity (Wildman–Crippen MR) is 59.5 cm³/mol. The first-order chi connectivity index (χ1) is 6.19. The molecule has 0 bridgehead atoms. The molecule has 0 aliphatic heterocycles. The molecular weight excluding hydrogens is 200 g/mol. The summed E-state index contributed by atoms with van der Waals surface area (Å²) in [6, 6.07) is 0. The maximum Gasteiger partial charge on any atom is 0.213 e. The Morgan fingerprint density at radius 3 is 2.14 bits per heavy atom. The summed E-state index contributed by atoms with van der Waals surface area (Å²) >= 11 is 0. The molecule has 0 aromatic rings. The van der Waals surface area contributed by atoms with Gasteiger partial charge in [-0.25, -0.2) is 12.7 Å². The maximum absolute atomic E-state index is 11.6. The third kappa shape index (κ3) is 5.57. The quantitative estimate of drug-likeness (QED) is 0.742. The van der Waals surface area contributed by atoms with Crippen LogP contribution in [0.5, 0.6) is 0 Å². The summed E-state index contributed by atoms with van der Waals surface area (Å²) in [5, 5.41) is 0. The van der Waals surface area contributed by atoms with Crippen LogP contribution < -0.4 is 5.73 Å². The average molecular weight is 222 g/mol. The topological polar surface area (TPSA) is 63.4 Å². The van der Waals surface area contributed by atoms with Crippen LogP contribution in [-0.2, 0) is 10.0 Å². The van der Waals surface area contributed by atoms with Crippen molar-refractivity contribution >= 4 is 10.0 Å². The molecule has 0 saturated carbocycles. The minimum atomic E-state index is -3.10. The third-order valence-corrected chi connectivity index (χ3v) is 3.66. The fourth-order valence-electron chi connectivity index (χ4n) is 1.19. The minimum Gasteiger partial charge on any atom is -0.330 e. The first kappa shape index (κ1) is 13.9. The predicted octanol–water partition coefficient (Wildman–Crippen LogP) is 0.643. The summed E-state index contributed by atoms with van der Waals surface area (Å²) in [5.41, 5.74) is 5.27. The highest BCUT2D eigenvalue weighted by Crippen LogP contribution is 2.16.